The lowest BCUT2D eigenvalue weighted by Crippen LogP contribution is -2.29. The average molecular weight is 267 g/mol. The second kappa shape index (κ2) is 6.35. The lowest BCUT2D eigenvalue weighted by atomic mass is 9.95. The van der Waals surface area contributed by atoms with Crippen LogP contribution in [0.3, 0.4) is 0 Å². The monoisotopic (exact) mass is 267 g/mol. The van der Waals surface area contributed by atoms with Crippen molar-refractivity contribution in [2.45, 2.75) is 50.9 Å². The molecule has 0 spiro atoms. The third-order valence-electron chi connectivity index (χ3n) is 3.68. The van der Waals surface area contributed by atoms with Crippen molar-refractivity contribution in [2.75, 3.05) is 7.11 Å². The van der Waals surface area contributed by atoms with E-state index in [1.165, 1.54) is 6.07 Å². The number of halogens is 1. The molecule has 1 aliphatic carbocycles. The molecular formula is C15H22FNO2. The zero-order valence-electron chi connectivity index (χ0n) is 11.6. The number of hydrogen-bond acceptors (Lipinski definition) is 3. The van der Waals surface area contributed by atoms with E-state index in [2.05, 4.69) is 0 Å². The van der Waals surface area contributed by atoms with E-state index in [-0.39, 0.29) is 24.1 Å². The SMILES string of the molecule is COC1CCCC(Oc2ccc([C@H](C)N)c(F)c2)C1. The predicted octanol–water partition coefficient (Wildman–Crippen LogP) is 3.18. The predicted molar refractivity (Wildman–Crippen MR) is 72.7 cm³/mol. The number of benzene rings is 1. The summed E-state index contributed by atoms with van der Waals surface area (Å²) in [6.07, 6.45) is 4.40. The molecule has 0 aliphatic heterocycles. The third-order valence-corrected chi connectivity index (χ3v) is 3.68. The summed E-state index contributed by atoms with van der Waals surface area (Å²) >= 11 is 0. The maximum Gasteiger partial charge on any atom is 0.131 e. The fourth-order valence-electron chi connectivity index (χ4n) is 2.57. The minimum atomic E-state index is -0.304. The van der Waals surface area contributed by atoms with Gasteiger partial charge in [0, 0.05) is 31.2 Å². The van der Waals surface area contributed by atoms with Gasteiger partial charge in [-0.05, 0) is 32.3 Å². The topological polar surface area (TPSA) is 44.5 Å². The molecule has 0 heterocycles. The van der Waals surface area contributed by atoms with Crippen LogP contribution < -0.4 is 10.5 Å². The highest BCUT2D eigenvalue weighted by Gasteiger charge is 2.23. The molecule has 1 aliphatic rings. The number of hydrogen-bond donors (Lipinski definition) is 1. The zero-order valence-corrected chi connectivity index (χ0v) is 11.6. The van der Waals surface area contributed by atoms with Crippen LogP contribution in [0.1, 0.15) is 44.2 Å². The van der Waals surface area contributed by atoms with Gasteiger partial charge < -0.3 is 15.2 Å². The van der Waals surface area contributed by atoms with E-state index in [0.29, 0.717) is 11.3 Å². The van der Waals surface area contributed by atoms with Gasteiger partial charge in [-0.2, -0.15) is 0 Å². The van der Waals surface area contributed by atoms with Crippen LogP contribution in [0.2, 0.25) is 0 Å². The Kier molecular flexibility index (Phi) is 4.77. The second-order valence-electron chi connectivity index (χ2n) is 5.24. The first-order valence-electron chi connectivity index (χ1n) is 6.84. The van der Waals surface area contributed by atoms with Crippen LogP contribution >= 0.6 is 0 Å². The van der Waals surface area contributed by atoms with Crippen LogP contribution in [0.4, 0.5) is 4.39 Å². The van der Waals surface area contributed by atoms with Gasteiger partial charge in [-0.3, -0.25) is 0 Å². The lowest BCUT2D eigenvalue weighted by molar-refractivity contribution is 0.0209. The Morgan fingerprint density at radius 3 is 2.68 bits per heavy atom. The Morgan fingerprint density at radius 1 is 1.32 bits per heavy atom. The summed E-state index contributed by atoms with van der Waals surface area (Å²) in [4.78, 5) is 0. The largest absolute Gasteiger partial charge is 0.490 e. The Hall–Kier alpha value is -1.13. The molecule has 3 nitrogen and oxygen atoms in total. The lowest BCUT2D eigenvalue weighted by Gasteiger charge is -2.28. The van der Waals surface area contributed by atoms with Crippen molar-refractivity contribution in [1.29, 1.82) is 0 Å². The normalized spacial score (nSPS) is 25.1. The highest BCUT2D eigenvalue weighted by molar-refractivity contribution is 5.30. The smallest absolute Gasteiger partial charge is 0.131 e. The fraction of sp³-hybridized carbons (Fsp3) is 0.600. The quantitative estimate of drug-likeness (QED) is 0.911. The van der Waals surface area contributed by atoms with Crippen molar-refractivity contribution >= 4 is 0 Å². The van der Waals surface area contributed by atoms with E-state index < -0.39 is 0 Å². The summed E-state index contributed by atoms with van der Waals surface area (Å²) in [6.45, 7) is 1.77. The number of rotatable bonds is 4. The molecule has 0 aromatic heterocycles. The van der Waals surface area contributed by atoms with Gasteiger partial charge in [-0.1, -0.05) is 6.07 Å². The molecule has 106 valence electrons. The molecular weight excluding hydrogens is 245 g/mol. The fourth-order valence-corrected chi connectivity index (χ4v) is 2.57. The summed E-state index contributed by atoms with van der Waals surface area (Å²) in [5.41, 5.74) is 6.21. The van der Waals surface area contributed by atoms with Crippen LogP contribution in [0.5, 0.6) is 5.75 Å². The molecule has 2 N–H and O–H groups in total. The van der Waals surface area contributed by atoms with Crippen LogP contribution in [-0.4, -0.2) is 19.3 Å². The number of methoxy groups -OCH3 is 1. The molecule has 1 aromatic rings. The second-order valence-corrected chi connectivity index (χ2v) is 5.24. The minimum absolute atomic E-state index is 0.110. The van der Waals surface area contributed by atoms with E-state index in [1.807, 2.05) is 0 Å². The maximum atomic E-state index is 13.8. The first kappa shape index (κ1) is 14.3. The zero-order chi connectivity index (χ0) is 13.8. The summed E-state index contributed by atoms with van der Waals surface area (Å²) in [7, 11) is 1.73. The van der Waals surface area contributed by atoms with Crippen molar-refractivity contribution in [3.8, 4) is 5.75 Å². The average Bonchev–Trinajstić information content (AvgIpc) is 2.38. The molecule has 0 amide bonds. The molecule has 3 atom stereocenters. The molecule has 2 unspecified atom stereocenters. The molecule has 1 saturated carbocycles. The van der Waals surface area contributed by atoms with E-state index in [9.17, 15) is 4.39 Å². The first-order valence-corrected chi connectivity index (χ1v) is 6.84. The van der Waals surface area contributed by atoms with Crippen LogP contribution in [0.15, 0.2) is 18.2 Å². The highest BCUT2D eigenvalue weighted by Crippen LogP contribution is 2.27. The summed E-state index contributed by atoms with van der Waals surface area (Å²) in [5.74, 6) is 0.273. The highest BCUT2D eigenvalue weighted by atomic mass is 19.1. The molecule has 2 rings (SSSR count). The van der Waals surface area contributed by atoms with Gasteiger partial charge in [0.2, 0.25) is 0 Å². The number of nitrogens with two attached hydrogens (primary N) is 1. The molecule has 1 fully saturated rings. The number of ether oxygens (including phenoxy) is 2. The van der Waals surface area contributed by atoms with Gasteiger partial charge in [0.15, 0.2) is 0 Å². The molecule has 1 aromatic carbocycles. The molecule has 0 bridgehead atoms. The van der Waals surface area contributed by atoms with E-state index in [1.54, 1.807) is 26.2 Å². The Morgan fingerprint density at radius 2 is 2.05 bits per heavy atom. The molecule has 4 heteroatoms. The van der Waals surface area contributed by atoms with Crippen molar-refractivity contribution < 1.29 is 13.9 Å². The van der Waals surface area contributed by atoms with Crippen molar-refractivity contribution in [1.82, 2.24) is 0 Å². The Bertz CT molecular complexity index is 423. The minimum Gasteiger partial charge on any atom is -0.490 e. The van der Waals surface area contributed by atoms with Crippen LogP contribution in [-0.2, 0) is 4.74 Å². The molecule has 0 radical (unpaired) electrons. The van der Waals surface area contributed by atoms with E-state index in [0.717, 1.165) is 25.7 Å². The van der Waals surface area contributed by atoms with Gasteiger partial charge in [0.25, 0.3) is 0 Å². The van der Waals surface area contributed by atoms with Crippen LogP contribution in [0.25, 0.3) is 0 Å². The molecule has 19 heavy (non-hydrogen) atoms. The van der Waals surface area contributed by atoms with Crippen LogP contribution in [0, 0.1) is 5.82 Å². The molecule has 0 saturated heterocycles. The van der Waals surface area contributed by atoms with Crippen molar-refractivity contribution in [3.63, 3.8) is 0 Å². The van der Waals surface area contributed by atoms with E-state index >= 15 is 0 Å². The summed E-state index contributed by atoms with van der Waals surface area (Å²) < 4.78 is 25.0. The third kappa shape index (κ3) is 3.67. The maximum absolute atomic E-state index is 13.8. The summed E-state index contributed by atoms with van der Waals surface area (Å²) in [6, 6.07) is 4.61. The van der Waals surface area contributed by atoms with Gasteiger partial charge in [-0.25, -0.2) is 4.39 Å². The Labute approximate surface area is 113 Å². The Balaban J connectivity index is 2.01. The van der Waals surface area contributed by atoms with E-state index in [4.69, 9.17) is 15.2 Å². The standard InChI is InChI=1S/C15H22FNO2/c1-10(17)14-7-6-13(9-15(14)16)19-12-5-3-4-11(8-12)18-2/h6-7,9-12H,3-5,8,17H2,1-2H3/t10-,11?,12?/m0/s1. The first-order chi connectivity index (χ1) is 9.10. The summed E-state index contributed by atoms with van der Waals surface area (Å²) in [5, 5.41) is 0. The van der Waals surface area contributed by atoms with Crippen molar-refractivity contribution in [3.05, 3.63) is 29.6 Å². The van der Waals surface area contributed by atoms with Gasteiger partial charge >= 0.3 is 0 Å². The van der Waals surface area contributed by atoms with Gasteiger partial charge in [-0.15, -0.1) is 0 Å². The van der Waals surface area contributed by atoms with Gasteiger partial charge in [0.1, 0.15) is 17.7 Å². The van der Waals surface area contributed by atoms with Gasteiger partial charge in [0.05, 0.1) is 6.10 Å². The van der Waals surface area contributed by atoms with Crippen molar-refractivity contribution in [2.24, 2.45) is 5.73 Å².